The number of aliphatic hydroxyl groups is 1. The first-order valence-corrected chi connectivity index (χ1v) is 7.63. The van der Waals surface area contributed by atoms with Crippen LogP contribution in [0, 0.1) is 0 Å². The van der Waals surface area contributed by atoms with Crippen molar-refractivity contribution in [1.29, 1.82) is 0 Å². The van der Waals surface area contributed by atoms with E-state index in [1.807, 2.05) is 63.2 Å². The Morgan fingerprint density at radius 2 is 1.61 bits per heavy atom. The minimum absolute atomic E-state index is 0.0224. The van der Waals surface area contributed by atoms with E-state index in [9.17, 15) is 4.79 Å². The summed E-state index contributed by atoms with van der Waals surface area (Å²) in [4.78, 5) is 14.2. The molecule has 0 saturated carbocycles. The van der Waals surface area contributed by atoms with Crippen LogP contribution in [0.3, 0.4) is 0 Å². The second kappa shape index (κ2) is 7.29. The number of nitrogens with zero attached hydrogens (tertiary/aromatic N) is 1. The first-order valence-electron chi connectivity index (χ1n) is 7.63. The van der Waals surface area contributed by atoms with Crippen LogP contribution in [0.4, 0.5) is 10.5 Å². The van der Waals surface area contributed by atoms with Crippen molar-refractivity contribution in [2.24, 2.45) is 0 Å². The molecule has 0 aliphatic heterocycles. The van der Waals surface area contributed by atoms with Gasteiger partial charge in [0.25, 0.3) is 0 Å². The highest BCUT2D eigenvalue weighted by molar-refractivity contribution is 5.87. The van der Waals surface area contributed by atoms with E-state index in [0.29, 0.717) is 6.54 Å². The number of anilines is 1. The fraction of sp³-hybridized carbons (Fsp3) is 0.316. The zero-order valence-corrected chi connectivity index (χ0v) is 13.8. The first kappa shape index (κ1) is 17.0. The molecular formula is C19H23NO3. The second-order valence-electron chi connectivity index (χ2n) is 6.38. The molecule has 0 heterocycles. The predicted octanol–water partition coefficient (Wildman–Crippen LogP) is 4.12. The van der Waals surface area contributed by atoms with Gasteiger partial charge in [0.2, 0.25) is 0 Å². The number of hydrogen-bond donors (Lipinski definition) is 1. The van der Waals surface area contributed by atoms with Gasteiger partial charge in [-0.3, -0.25) is 4.90 Å². The second-order valence-corrected chi connectivity index (χ2v) is 6.38. The molecule has 0 radical (unpaired) electrons. The van der Waals surface area contributed by atoms with Crippen LogP contribution in [0.1, 0.15) is 31.9 Å². The largest absolute Gasteiger partial charge is 0.443 e. The Balaban J connectivity index is 2.27. The van der Waals surface area contributed by atoms with Crippen molar-refractivity contribution in [3.8, 4) is 0 Å². The highest BCUT2D eigenvalue weighted by Crippen LogP contribution is 2.21. The van der Waals surface area contributed by atoms with E-state index in [2.05, 4.69) is 0 Å². The van der Waals surface area contributed by atoms with E-state index in [-0.39, 0.29) is 6.61 Å². The molecule has 0 atom stereocenters. The lowest BCUT2D eigenvalue weighted by molar-refractivity contribution is 0.0577. The predicted molar refractivity (Wildman–Crippen MR) is 91.2 cm³/mol. The molecule has 23 heavy (non-hydrogen) atoms. The molecule has 0 spiro atoms. The molecule has 4 heteroatoms. The zero-order chi connectivity index (χ0) is 16.9. The van der Waals surface area contributed by atoms with Crippen LogP contribution in [0.15, 0.2) is 54.6 Å². The van der Waals surface area contributed by atoms with Gasteiger partial charge in [-0.1, -0.05) is 42.5 Å². The van der Waals surface area contributed by atoms with Crippen molar-refractivity contribution >= 4 is 11.8 Å². The monoisotopic (exact) mass is 313 g/mol. The average molecular weight is 313 g/mol. The summed E-state index contributed by atoms with van der Waals surface area (Å²) in [5.74, 6) is 0. The van der Waals surface area contributed by atoms with Crippen molar-refractivity contribution in [1.82, 2.24) is 0 Å². The van der Waals surface area contributed by atoms with Gasteiger partial charge in [0.1, 0.15) is 5.60 Å². The number of ether oxygens (including phenoxy) is 1. The minimum atomic E-state index is -0.558. The molecule has 4 nitrogen and oxygen atoms in total. The molecule has 0 fully saturated rings. The molecule has 1 N–H and O–H groups in total. The quantitative estimate of drug-likeness (QED) is 0.923. The van der Waals surface area contributed by atoms with Crippen LogP contribution in [-0.2, 0) is 17.9 Å². The smallest absolute Gasteiger partial charge is 0.415 e. The molecule has 2 aromatic rings. The van der Waals surface area contributed by atoms with Gasteiger partial charge in [-0.15, -0.1) is 0 Å². The highest BCUT2D eigenvalue weighted by Gasteiger charge is 2.23. The highest BCUT2D eigenvalue weighted by atomic mass is 16.6. The first-order chi connectivity index (χ1) is 10.9. The van der Waals surface area contributed by atoms with Crippen LogP contribution < -0.4 is 4.90 Å². The number of carbonyl (C=O) groups is 1. The summed E-state index contributed by atoms with van der Waals surface area (Å²) >= 11 is 0. The molecule has 122 valence electrons. The number of hydrogen-bond acceptors (Lipinski definition) is 3. The van der Waals surface area contributed by atoms with Gasteiger partial charge in [0, 0.05) is 5.69 Å². The third kappa shape index (κ3) is 5.11. The van der Waals surface area contributed by atoms with E-state index < -0.39 is 11.7 Å². The van der Waals surface area contributed by atoms with Gasteiger partial charge in [-0.2, -0.15) is 0 Å². The van der Waals surface area contributed by atoms with Crippen LogP contribution >= 0.6 is 0 Å². The fourth-order valence-corrected chi connectivity index (χ4v) is 2.13. The molecule has 0 aliphatic rings. The van der Waals surface area contributed by atoms with Crippen LogP contribution in [-0.4, -0.2) is 16.8 Å². The fourth-order valence-electron chi connectivity index (χ4n) is 2.13. The Labute approximate surface area is 137 Å². The van der Waals surface area contributed by atoms with Gasteiger partial charge < -0.3 is 9.84 Å². The third-order valence-electron chi connectivity index (χ3n) is 3.23. The van der Waals surface area contributed by atoms with Gasteiger partial charge >= 0.3 is 6.09 Å². The van der Waals surface area contributed by atoms with Crippen molar-refractivity contribution < 1.29 is 14.6 Å². The Morgan fingerprint density at radius 3 is 2.13 bits per heavy atom. The molecule has 0 unspecified atom stereocenters. The maximum absolute atomic E-state index is 12.6. The van der Waals surface area contributed by atoms with Gasteiger partial charge in [0.05, 0.1) is 13.2 Å². The van der Waals surface area contributed by atoms with E-state index in [4.69, 9.17) is 9.84 Å². The lowest BCUT2D eigenvalue weighted by atomic mass is 10.1. The molecule has 0 aliphatic carbocycles. The van der Waals surface area contributed by atoms with Gasteiger partial charge in [0.15, 0.2) is 0 Å². The molecule has 0 saturated heterocycles. The minimum Gasteiger partial charge on any atom is -0.443 e. The molecular weight excluding hydrogens is 290 g/mol. The zero-order valence-electron chi connectivity index (χ0n) is 13.8. The summed E-state index contributed by atoms with van der Waals surface area (Å²) in [5.41, 5.74) is 2.00. The van der Waals surface area contributed by atoms with Gasteiger partial charge in [-0.05, 0) is 44.0 Å². The Kier molecular flexibility index (Phi) is 5.40. The Hall–Kier alpha value is -2.33. The van der Waals surface area contributed by atoms with E-state index in [1.165, 1.54) is 0 Å². The normalized spacial score (nSPS) is 11.1. The average Bonchev–Trinajstić information content (AvgIpc) is 2.52. The molecule has 1 amide bonds. The number of benzene rings is 2. The summed E-state index contributed by atoms with van der Waals surface area (Å²) in [6, 6.07) is 17.0. The van der Waals surface area contributed by atoms with Crippen LogP contribution in [0.25, 0.3) is 0 Å². The summed E-state index contributed by atoms with van der Waals surface area (Å²) < 4.78 is 5.52. The number of amides is 1. The van der Waals surface area contributed by atoms with Gasteiger partial charge in [-0.25, -0.2) is 4.79 Å². The third-order valence-corrected chi connectivity index (χ3v) is 3.23. The van der Waals surface area contributed by atoms with Crippen molar-refractivity contribution in [2.75, 3.05) is 4.90 Å². The number of carbonyl (C=O) groups excluding carboxylic acids is 1. The van der Waals surface area contributed by atoms with E-state index >= 15 is 0 Å². The summed E-state index contributed by atoms with van der Waals surface area (Å²) in [6.45, 7) is 5.95. The molecule has 0 aromatic heterocycles. The summed E-state index contributed by atoms with van der Waals surface area (Å²) in [5, 5.41) is 9.16. The molecule has 2 rings (SSSR count). The van der Waals surface area contributed by atoms with E-state index in [1.54, 1.807) is 17.0 Å². The summed E-state index contributed by atoms with van der Waals surface area (Å²) in [7, 11) is 0. The standard InChI is InChI=1S/C19H23NO3/c1-19(2,3)23-18(22)20(13-15-7-5-4-6-8-15)17-11-9-16(14-21)10-12-17/h4-12,21H,13-14H2,1-3H3. The summed E-state index contributed by atoms with van der Waals surface area (Å²) in [6.07, 6.45) is -0.391. The van der Waals surface area contributed by atoms with Crippen LogP contribution in [0.5, 0.6) is 0 Å². The van der Waals surface area contributed by atoms with Crippen molar-refractivity contribution in [3.63, 3.8) is 0 Å². The van der Waals surface area contributed by atoms with Crippen molar-refractivity contribution in [2.45, 2.75) is 39.5 Å². The lowest BCUT2D eigenvalue weighted by Crippen LogP contribution is -2.36. The maximum atomic E-state index is 12.6. The number of aliphatic hydroxyl groups excluding tert-OH is 1. The number of rotatable bonds is 4. The molecule has 2 aromatic carbocycles. The Bertz CT molecular complexity index is 630. The lowest BCUT2D eigenvalue weighted by Gasteiger charge is -2.27. The van der Waals surface area contributed by atoms with E-state index in [0.717, 1.165) is 16.8 Å². The molecule has 0 bridgehead atoms. The maximum Gasteiger partial charge on any atom is 0.415 e. The van der Waals surface area contributed by atoms with Crippen LogP contribution in [0.2, 0.25) is 0 Å². The topological polar surface area (TPSA) is 49.8 Å². The Morgan fingerprint density at radius 1 is 1.00 bits per heavy atom. The SMILES string of the molecule is CC(C)(C)OC(=O)N(Cc1ccccc1)c1ccc(CO)cc1. The van der Waals surface area contributed by atoms with Crippen molar-refractivity contribution in [3.05, 3.63) is 65.7 Å².